The van der Waals surface area contributed by atoms with Gasteiger partial charge in [0.1, 0.15) is 0 Å². The Balaban J connectivity index is 1.56. The third-order valence-corrected chi connectivity index (χ3v) is 10.7. The molecule has 0 radical (unpaired) electrons. The summed E-state index contributed by atoms with van der Waals surface area (Å²) in [4.78, 5) is 0. The zero-order valence-electron chi connectivity index (χ0n) is 19.9. The van der Waals surface area contributed by atoms with Crippen LogP contribution in [-0.4, -0.2) is 22.4 Å². The Bertz CT molecular complexity index is 573. The van der Waals surface area contributed by atoms with Gasteiger partial charge in [0.15, 0.2) is 0 Å². The minimum atomic E-state index is -0.165. The average Bonchev–Trinajstić information content (AvgIpc) is 2.90. The largest absolute Gasteiger partial charge is 0.393 e. The van der Waals surface area contributed by atoms with Gasteiger partial charge < -0.3 is 10.2 Å². The van der Waals surface area contributed by atoms with E-state index in [9.17, 15) is 10.2 Å². The lowest BCUT2D eigenvalue weighted by atomic mass is 9.43. The van der Waals surface area contributed by atoms with E-state index in [4.69, 9.17) is 0 Å². The SMILES string of the molecule is CC(C)CCC[C@@H](C)[C@H]1C(O)C[C@H]2[C@@H]3CCC4CCCC[C@]4(C)[C@H]3C(O)C[C@]12C. The Kier molecular flexibility index (Phi) is 6.19. The van der Waals surface area contributed by atoms with Gasteiger partial charge in [-0.05, 0) is 90.8 Å². The van der Waals surface area contributed by atoms with E-state index < -0.39 is 0 Å². The van der Waals surface area contributed by atoms with Crippen LogP contribution in [0.15, 0.2) is 0 Å². The minimum absolute atomic E-state index is 0.120. The Morgan fingerprint density at radius 1 is 0.897 bits per heavy atom. The van der Waals surface area contributed by atoms with Crippen LogP contribution < -0.4 is 0 Å². The van der Waals surface area contributed by atoms with Crippen LogP contribution in [-0.2, 0) is 0 Å². The minimum Gasteiger partial charge on any atom is -0.393 e. The van der Waals surface area contributed by atoms with Crippen LogP contribution in [0.25, 0.3) is 0 Å². The van der Waals surface area contributed by atoms with Gasteiger partial charge in [0, 0.05) is 0 Å². The third kappa shape index (κ3) is 3.63. The van der Waals surface area contributed by atoms with E-state index in [1.807, 2.05) is 0 Å². The molecule has 4 rings (SSSR count). The standard InChI is InChI=1S/C27H48O2/c1-17(2)9-8-10-18(3)24-22(28)15-21-20-13-12-19-11-6-7-14-26(19,4)25(20)23(29)16-27(21,24)5/h17-25,28-29H,6-16H2,1-5H3/t18-,19?,20+,21+,22?,23?,24+,25-,26+,27+/m1/s1. The van der Waals surface area contributed by atoms with E-state index in [1.165, 1.54) is 57.8 Å². The molecule has 0 aromatic heterocycles. The lowest BCUT2D eigenvalue weighted by molar-refractivity contribution is -0.172. The molecule has 29 heavy (non-hydrogen) atoms. The van der Waals surface area contributed by atoms with Crippen LogP contribution in [0, 0.1) is 52.3 Å². The summed E-state index contributed by atoms with van der Waals surface area (Å²) in [6, 6.07) is 0. The van der Waals surface area contributed by atoms with E-state index in [2.05, 4.69) is 34.6 Å². The topological polar surface area (TPSA) is 40.5 Å². The van der Waals surface area contributed by atoms with Crippen molar-refractivity contribution in [1.82, 2.24) is 0 Å². The highest BCUT2D eigenvalue weighted by molar-refractivity contribution is 5.13. The van der Waals surface area contributed by atoms with E-state index in [0.29, 0.717) is 35.0 Å². The first-order valence-corrected chi connectivity index (χ1v) is 13.0. The molecule has 0 aromatic rings. The summed E-state index contributed by atoms with van der Waals surface area (Å²) in [5, 5.41) is 22.8. The number of aliphatic hydroxyl groups excluding tert-OH is 2. The lowest BCUT2D eigenvalue weighted by Gasteiger charge is -2.62. The molecule has 2 N–H and O–H groups in total. The summed E-state index contributed by atoms with van der Waals surface area (Å²) in [6.45, 7) is 12.0. The van der Waals surface area contributed by atoms with Crippen LogP contribution in [0.3, 0.4) is 0 Å². The maximum Gasteiger partial charge on any atom is 0.0581 e. The van der Waals surface area contributed by atoms with Crippen LogP contribution in [0.4, 0.5) is 0 Å². The van der Waals surface area contributed by atoms with Gasteiger partial charge in [0.2, 0.25) is 0 Å². The summed E-state index contributed by atoms with van der Waals surface area (Å²) in [7, 11) is 0. The zero-order valence-corrected chi connectivity index (χ0v) is 19.9. The number of hydrogen-bond acceptors (Lipinski definition) is 2. The van der Waals surface area contributed by atoms with Crippen molar-refractivity contribution in [1.29, 1.82) is 0 Å². The Morgan fingerprint density at radius 3 is 2.38 bits per heavy atom. The first kappa shape index (κ1) is 22.1. The first-order chi connectivity index (χ1) is 13.7. The number of fused-ring (bicyclic) bond motifs is 5. The fourth-order valence-corrected chi connectivity index (χ4v) is 9.53. The lowest BCUT2D eigenvalue weighted by Crippen LogP contribution is -2.58. The molecule has 0 heterocycles. The second kappa shape index (κ2) is 8.12. The van der Waals surface area contributed by atoms with Crippen molar-refractivity contribution >= 4 is 0 Å². The smallest absolute Gasteiger partial charge is 0.0581 e. The van der Waals surface area contributed by atoms with E-state index >= 15 is 0 Å². The molecule has 4 aliphatic carbocycles. The molecule has 3 unspecified atom stereocenters. The second-order valence-electron chi connectivity index (χ2n) is 12.7. The monoisotopic (exact) mass is 404 g/mol. The van der Waals surface area contributed by atoms with Gasteiger partial charge in [-0.15, -0.1) is 0 Å². The van der Waals surface area contributed by atoms with Crippen molar-refractivity contribution in [2.24, 2.45) is 52.3 Å². The van der Waals surface area contributed by atoms with Gasteiger partial charge in [-0.3, -0.25) is 0 Å². The molecular weight excluding hydrogens is 356 g/mol. The van der Waals surface area contributed by atoms with Gasteiger partial charge in [0.25, 0.3) is 0 Å². The summed E-state index contributed by atoms with van der Waals surface area (Å²) in [5.74, 6) is 4.24. The van der Waals surface area contributed by atoms with E-state index in [-0.39, 0.29) is 17.6 Å². The molecule has 4 aliphatic rings. The molecule has 10 atom stereocenters. The Labute approximate surface area is 180 Å². The average molecular weight is 405 g/mol. The van der Waals surface area contributed by atoms with Crippen LogP contribution in [0.5, 0.6) is 0 Å². The van der Waals surface area contributed by atoms with Crippen LogP contribution in [0.2, 0.25) is 0 Å². The van der Waals surface area contributed by atoms with Gasteiger partial charge in [-0.1, -0.05) is 66.7 Å². The first-order valence-electron chi connectivity index (χ1n) is 13.0. The van der Waals surface area contributed by atoms with Gasteiger partial charge in [0.05, 0.1) is 12.2 Å². The van der Waals surface area contributed by atoms with E-state index in [0.717, 1.165) is 24.7 Å². The molecule has 0 spiro atoms. The molecule has 4 fully saturated rings. The van der Waals surface area contributed by atoms with Crippen molar-refractivity contribution in [3.63, 3.8) is 0 Å². The van der Waals surface area contributed by atoms with Crippen molar-refractivity contribution in [3.8, 4) is 0 Å². The molecule has 0 saturated heterocycles. The highest BCUT2D eigenvalue weighted by Gasteiger charge is 2.64. The van der Waals surface area contributed by atoms with Crippen molar-refractivity contribution in [3.05, 3.63) is 0 Å². The summed E-state index contributed by atoms with van der Waals surface area (Å²) in [5.41, 5.74) is 0.461. The highest BCUT2D eigenvalue weighted by Crippen LogP contribution is 2.68. The molecule has 0 aromatic carbocycles. The maximum absolute atomic E-state index is 11.6. The molecule has 168 valence electrons. The summed E-state index contributed by atoms with van der Waals surface area (Å²) < 4.78 is 0. The van der Waals surface area contributed by atoms with Gasteiger partial charge >= 0.3 is 0 Å². The van der Waals surface area contributed by atoms with Crippen molar-refractivity contribution in [2.45, 2.75) is 117 Å². The van der Waals surface area contributed by atoms with Gasteiger partial charge in [-0.25, -0.2) is 0 Å². The molecule has 0 aliphatic heterocycles. The highest BCUT2D eigenvalue weighted by atomic mass is 16.3. The normalized spacial score (nSPS) is 50.7. The predicted molar refractivity (Wildman–Crippen MR) is 120 cm³/mol. The number of rotatable bonds is 5. The quantitative estimate of drug-likeness (QED) is 0.553. The second-order valence-corrected chi connectivity index (χ2v) is 12.7. The van der Waals surface area contributed by atoms with Crippen LogP contribution >= 0.6 is 0 Å². The predicted octanol–water partition coefficient (Wildman–Crippen LogP) is 6.44. The molecule has 0 bridgehead atoms. The Hall–Kier alpha value is -0.0800. The summed E-state index contributed by atoms with van der Waals surface area (Å²) in [6.07, 6.45) is 13.5. The number of aliphatic hydroxyl groups is 2. The van der Waals surface area contributed by atoms with Crippen molar-refractivity contribution in [2.75, 3.05) is 0 Å². The van der Waals surface area contributed by atoms with Crippen molar-refractivity contribution < 1.29 is 10.2 Å². The van der Waals surface area contributed by atoms with Crippen LogP contribution in [0.1, 0.15) is 105 Å². The Morgan fingerprint density at radius 2 is 1.66 bits per heavy atom. The molecular formula is C27H48O2. The molecule has 4 saturated carbocycles. The third-order valence-electron chi connectivity index (χ3n) is 10.7. The maximum atomic E-state index is 11.6. The molecule has 0 amide bonds. The van der Waals surface area contributed by atoms with E-state index in [1.54, 1.807) is 0 Å². The fraction of sp³-hybridized carbons (Fsp3) is 1.00. The molecule has 2 nitrogen and oxygen atoms in total. The van der Waals surface area contributed by atoms with Gasteiger partial charge in [-0.2, -0.15) is 0 Å². The fourth-order valence-electron chi connectivity index (χ4n) is 9.53. The number of hydrogen-bond donors (Lipinski definition) is 2. The summed E-state index contributed by atoms with van der Waals surface area (Å²) >= 11 is 0. The molecule has 2 heteroatoms. The zero-order chi connectivity index (χ0) is 21.0.